The lowest BCUT2D eigenvalue weighted by atomic mass is 10.1. The summed E-state index contributed by atoms with van der Waals surface area (Å²) in [6.45, 7) is 7.29. The highest BCUT2D eigenvalue weighted by molar-refractivity contribution is 5.92. The zero-order valence-electron chi connectivity index (χ0n) is 16.6. The SMILES string of the molecule is Cc1ccc(CNc2cnc(C(=O)N(Cc3ccccc3)C(C)C)cn2)cc1. The predicted octanol–water partition coefficient (Wildman–Crippen LogP) is 4.45. The molecule has 0 aliphatic heterocycles. The van der Waals surface area contributed by atoms with Crippen LogP contribution in [0.15, 0.2) is 67.0 Å². The van der Waals surface area contributed by atoms with Crippen LogP contribution in [0.5, 0.6) is 0 Å². The minimum absolute atomic E-state index is 0.0637. The van der Waals surface area contributed by atoms with Crippen molar-refractivity contribution in [2.75, 3.05) is 5.32 Å². The first-order valence-electron chi connectivity index (χ1n) is 9.49. The number of carbonyl (C=O) groups excluding carboxylic acids is 1. The summed E-state index contributed by atoms with van der Waals surface area (Å²) in [6.07, 6.45) is 3.16. The number of carbonyl (C=O) groups is 1. The minimum Gasteiger partial charge on any atom is -0.365 e. The summed E-state index contributed by atoms with van der Waals surface area (Å²) in [5, 5.41) is 3.24. The normalized spacial score (nSPS) is 10.7. The van der Waals surface area contributed by atoms with Gasteiger partial charge in [0.1, 0.15) is 11.5 Å². The van der Waals surface area contributed by atoms with Crippen LogP contribution in [0.25, 0.3) is 0 Å². The van der Waals surface area contributed by atoms with Gasteiger partial charge in [0.2, 0.25) is 0 Å². The van der Waals surface area contributed by atoms with Crippen LogP contribution in [0.3, 0.4) is 0 Å². The number of benzene rings is 2. The van der Waals surface area contributed by atoms with Crippen molar-refractivity contribution >= 4 is 11.7 Å². The van der Waals surface area contributed by atoms with Crippen LogP contribution in [0.2, 0.25) is 0 Å². The first-order chi connectivity index (χ1) is 13.5. The fourth-order valence-electron chi connectivity index (χ4n) is 2.84. The van der Waals surface area contributed by atoms with Crippen LogP contribution in [0.4, 0.5) is 5.82 Å². The second-order valence-electron chi connectivity index (χ2n) is 7.14. The molecule has 0 unspecified atom stereocenters. The number of nitrogens with one attached hydrogen (secondary N) is 1. The molecule has 2 aromatic carbocycles. The van der Waals surface area contributed by atoms with Crippen molar-refractivity contribution in [3.63, 3.8) is 0 Å². The molecule has 1 aromatic heterocycles. The molecule has 5 heteroatoms. The van der Waals surface area contributed by atoms with Crippen molar-refractivity contribution in [1.82, 2.24) is 14.9 Å². The highest BCUT2D eigenvalue weighted by Crippen LogP contribution is 2.13. The lowest BCUT2D eigenvalue weighted by molar-refractivity contribution is 0.0684. The molecule has 1 N–H and O–H groups in total. The fourth-order valence-corrected chi connectivity index (χ4v) is 2.84. The van der Waals surface area contributed by atoms with Gasteiger partial charge in [-0.15, -0.1) is 0 Å². The lowest BCUT2D eigenvalue weighted by Crippen LogP contribution is -2.36. The van der Waals surface area contributed by atoms with Crippen LogP contribution < -0.4 is 5.32 Å². The summed E-state index contributed by atoms with van der Waals surface area (Å²) < 4.78 is 0. The Morgan fingerprint density at radius 3 is 2.29 bits per heavy atom. The fraction of sp³-hybridized carbons (Fsp3) is 0.261. The van der Waals surface area contributed by atoms with Gasteiger partial charge < -0.3 is 10.2 Å². The largest absolute Gasteiger partial charge is 0.365 e. The zero-order chi connectivity index (χ0) is 19.9. The van der Waals surface area contributed by atoms with Crippen molar-refractivity contribution in [2.45, 2.75) is 39.9 Å². The molecule has 3 aromatic rings. The molecule has 144 valence electrons. The van der Waals surface area contributed by atoms with Crippen LogP contribution in [0.1, 0.15) is 41.0 Å². The van der Waals surface area contributed by atoms with E-state index < -0.39 is 0 Å². The van der Waals surface area contributed by atoms with Gasteiger partial charge in [-0.1, -0.05) is 60.2 Å². The summed E-state index contributed by atoms with van der Waals surface area (Å²) in [6, 6.07) is 18.4. The molecule has 0 spiro atoms. The van der Waals surface area contributed by atoms with Gasteiger partial charge in [-0.05, 0) is 31.9 Å². The molecular formula is C23H26N4O. The molecule has 0 aliphatic rings. The molecule has 28 heavy (non-hydrogen) atoms. The van der Waals surface area contributed by atoms with Crippen LogP contribution >= 0.6 is 0 Å². The summed E-state index contributed by atoms with van der Waals surface area (Å²) in [5.41, 5.74) is 3.84. The van der Waals surface area contributed by atoms with E-state index in [1.807, 2.05) is 44.2 Å². The summed E-state index contributed by atoms with van der Waals surface area (Å²) in [7, 11) is 0. The van der Waals surface area contributed by atoms with E-state index in [1.165, 1.54) is 11.1 Å². The van der Waals surface area contributed by atoms with E-state index in [-0.39, 0.29) is 11.9 Å². The van der Waals surface area contributed by atoms with Gasteiger partial charge in [0, 0.05) is 19.1 Å². The summed E-state index contributed by atoms with van der Waals surface area (Å²) in [5.74, 6) is 0.535. The first kappa shape index (κ1) is 19.5. The number of hydrogen-bond acceptors (Lipinski definition) is 4. The highest BCUT2D eigenvalue weighted by Gasteiger charge is 2.20. The van der Waals surface area contributed by atoms with Gasteiger partial charge in [-0.3, -0.25) is 4.79 Å². The van der Waals surface area contributed by atoms with E-state index in [0.29, 0.717) is 24.6 Å². The van der Waals surface area contributed by atoms with E-state index in [9.17, 15) is 4.79 Å². The first-order valence-corrected chi connectivity index (χ1v) is 9.49. The standard InChI is InChI=1S/C23H26N4O/c1-17(2)27(16-20-7-5-4-6-8-20)23(28)21-14-26-22(15-24-21)25-13-19-11-9-18(3)10-12-19/h4-12,14-15,17H,13,16H2,1-3H3,(H,25,26). The number of aryl methyl sites for hydroxylation is 1. The Morgan fingerprint density at radius 1 is 0.964 bits per heavy atom. The third kappa shape index (κ3) is 5.16. The molecule has 0 bridgehead atoms. The second kappa shape index (κ2) is 9.13. The third-order valence-electron chi connectivity index (χ3n) is 4.55. The van der Waals surface area contributed by atoms with Gasteiger partial charge in [0.15, 0.2) is 0 Å². The molecular weight excluding hydrogens is 348 g/mol. The van der Waals surface area contributed by atoms with Gasteiger partial charge in [-0.2, -0.15) is 0 Å². The smallest absolute Gasteiger partial charge is 0.274 e. The quantitative estimate of drug-likeness (QED) is 0.664. The Morgan fingerprint density at radius 2 is 1.68 bits per heavy atom. The molecule has 0 radical (unpaired) electrons. The van der Waals surface area contributed by atoms with Crippen molar-refractivity contribution in [3.8, 4) is 0 Å². The average molecular weight is 374 g/mol. The molecule has 0 saturated heterocycles. The number of rotatable bonds is 7. The lowest BCUT2D eigenvalue weighted by Gasteiger charge is -2.26. The molecule has 0 atom stereocenters. The molecule has 1 heterocycles. The van der Waals surface area contributed by atoms with Crippen LogP contribution in [0, 0.1) is 6.92 Å². The molecule has 0 fully saturated rings. The van der Waals surface area contributed by atoms with Crippen LogP contribution in [-0.2, 0) is 13.1 Å². The van der Waals surface area contributed by atoms with Gasteiger partial charge in [0.25, 0.3) is 5.91 Å². The monoisotopic (exact) mass is 374 g/mol. The van der Waals surface area contributed by atoms with Crippen molar-refractivity contribution in [1.29, 1.82) is 0 Å². The summed E-state index contributed by atoms with van der Waals surface area (Å²) >= 11 is 0. The van der Waals surface area contributed by atoms with Crippen LogP contribution in [-0.4, -0.2) is 26.8 Å². The molecule has 1 amide bonds. The maximum absolute atomic E-state index is 12.9. The maximum atomic E-state index is 12.9. The summed E-state index contributed by atoms with van der Waals surface area (Å²) in [4.78, 5) is 23.4. The molecule has 0 saturated carbocycles. The number of aromatic nitrogens is 2. The zero-order valence-corrected chi connectivity index (χ0v) is 16.6. The van der Waals surface area contributed by atoms with E-state index in [0.717, 1.165) is 5.56 Å². The number of anilines is 1. The third-order valence-corrected chi connectivity index (χ3v) is 4.55. The topological polar surface area (TPSA) is 58.1 Å². The van der Waals surface area contributed by atoms with E-state index in [2.05, 4.69) is 46.5 Å². The Kier molecular flexibility index (Phi) is 6.37. The second-order valence-corrected chi connectivity index (χ2v) is 7.14. The van der Waals surface area contributed by atoms with Crippen molar-refractivity contribution in [3.05, 3.63) is 89.4 Å². The van der Waals surface area contributed by atoms with Gasteiger partial charge in [-0.25, -0.2) is 9.97 Å². The Hall–Kier alpha value is -3.21. The predicted molar refractivity (Wildman–Crippen MR) is 112 cm³/mol. The van der Waals surface area contributed by atoms with E-state index in [1.54, 1.807) is 17.3 Å². The Labute approximate surface area is 166 Å². The maximum Gasteiger partial charge on any atom is 0.274 e. The Bertz CT molecular complexity index is 890. The van der Waals surface area contributed by atoms with E-state index >= 15 is 0 Å². The minimum atomic E-state index is -0.114. The van der Waals surface area contributed by atoms with Gasteiger partial charge in [0.05, 0.1) is 12.4 Å². The number of nitrogens with zero attached hydrogens (tertiary/aromatic N) is 3. The molecule has 3 rings (SSSR count). The highest BCUT2D eigenvalue weighted by atomic mass is 16.2. The van der Waals surface area contributed by atoms with Gasteiger partial charge >= 0.3 is 0 Å². The average Bonchev–Trinajstić information content (AvgIpc) is 2.72. The Balaban J connectivity index is 1.65. The molecule has 0 aliphatic carbocycles. The van der Waals surface area contributed by atoms with E-state index in [4.69, 9.17) is 0 Å². The molecule has 5 nitrogen and oxygen atoms in total. The number of amides is 1. The van der Waals surface area contributed by atoms with Crippen molar-refractivity contribution < 1.29 is 4.79 Å². The number of hydrogen-bond donors (Lipinski definition) is 1. The van der Waals surface area contributed by atoms with Crippen molar-refractivity contribution in [2.24, 2.45) is 0 Å².